The number of nitrogens with zero attached hydrogens (tertiary/aromatic N) is 3. The van der Waals surface area contributed by atoms with E-state index in [0.717, 1.165) is 66.4 Å². The van der Waals surface area contributed by atoms with Gasteiger partial charge < -0.3 is 13.8 Å². The topological polar surface area (TPSA) is 72.4 Å². The van der Waals surface area contributed by atoms with Gasteiger partial charge in [0.1, 0.15) is 11.3 Å². The largest absolute Gasteiger partial charge is 0.461 e. The third-order valence-electron chi connectivity index (χ3n) is 5.67. The van der Waals surface area contributed by atoms with Crippen LogP contribution >= 0.6 is 0 Å². The third-order valence-corrected chi connectivity index (χ3v) is 5.67. The Morgan fingerprint density at radius 1 is 1.19 bits per heavy atom. The maximum absolute atomic E-state index is 12.9. The standard InChI is InChI=1S/C21H23N3O3/c1-13-10-17-12-16(4-5-18(17)26-13)21(25)24-8-6-14(7-9-24)11-19-22-20(27-23-19)15-2-3-15/h4-5,10,12,14-15H,2-3,6-9,11H2,1H3. The first-order valence-corrected chi connectivity index (χ1v) is 9.77. The Kier molecular flexibility index (Phi) is 3.99. The quantitative estimate of drug-likeness (QED) is 0.696. The lowest BCUT2D eigenvalue weighted by molar-refractivity contribution is 0.0689. The van der Waals surface area contributed by atoms with Crippen LogP contribution in [0.2, 0.25) is 0 Å². The summed E-state index contributed by atoms with van der Waals surface area (Å²) in [6.07, 6.45) is 5.15. The maximum Gasteiger partial charge on any atom is 0.253 e. The van der Waals surface area contributed by atoms with Crippen molar-refractivity contribution in [2.75, 3.05) is 13.1 Å². The molecule has 1 amide bonds. The van der Waals surface area contributed by atoms with Crippen molar-refractivity contribution in [2.45, 2.75) is 44.9 Å². The lowest BCUT2D eigenvalue weighted by Crippen LogP contribution is -2.39. The molecule has 0 atom stereocenters. The Balaban J connectivity index is 1.20. The molecule has 1 saturated heterocycles. The maximum atomic E-state index is 12.9. The van der Waals surface area contributed by atoms with Gasteiger partial charge in [0.05, 0.1) is 0 Å². The summed E-state index contributed by atoms with van der Waals surface area (Å²) >= 11 is 0. The summed E-state index contributed by atoms with van der Waals surface area (Å²) in [4.78, 5) is 19.3. The van der Waals surface area contributed by atoms with Gasteiger partial charge in [-0.1, -0.05) is 5.16 Å². The Morgan fingerprint density at radius 2 is 2.00 bits per heavy atom. The van der Waals surface area contributed by atoms with Crippen molar-refractivity contribution in [3.05, 3.63) is 47.3 Å². The van der Waals surface area contributed by atoms with Crippen molar-refractivity contribution in [1.29, 1.82) is 0 Å². The first-order valence-electron chi connectivity index (χ1n) is 9.77. The fraction of sp³-hybridized carbons (Fsp3) is 0.476. The first kappa shape index (κ1) is 16.5. The van der Waals surface area contributed by atoms with Crippen molar-refractivity contribution in [3.8, 4) is 0 Å². The van der Waals surface area contributed by atoms with E-state index in [0.29, 0.717) is 11.8 Å². The first-order chi connectivity index (χ1) is 13.2. The second-order valence-corrected chi connectivity index (χ2v) is 7.87. The summed E-state index contributed by atoms with van der Waals surface area (Å²) < 4.78 is 10.9. The molecule has 3 heterocycles. The van der Waals surface area contributed by atoms with Crippen LogP contribution in [-0.4, -0.2) is 34.0 Å². The van der Waals surface area contributed by atoms with Crippen LogP contribution in [0.1, 0.15) is 59.4 Å². The zero-order valence-electron chi connectivity index (χ0n) is 15.5. The Bertz CT molecular complexity index is 978. The Labute approximate surface area is 157 Å². The van der Waals surface area contributed by atoms with Crippen LogP contribution in [-0.2, 0) is 6.42 Å². The minimum absolute atomic E-state index is 0.102. The number of aromatic nitrogens is 2. The summed E-state index contributed by atoms with van der Waals surface area (Å²) in [6, 6.07) is 7.65. The van der Waals surface area contributed by atoms with Crippen molar-refractivity contribution < 1.29 is 13.7 Å². The number of fused-ring (bicyclic) bond motifs is 1. The normalized spacial score (nSPS) is 18.3. The number of benzene rings is 1. The minimum Gasteiger partial charge on any atom is -0.461 e. The number of furan rings is 1. The van der Waals surface area contributed by atoms with Gasteiger partial charge in [0.15, 0.2) is 5.82 Å². The average molecular weight is 365 g/mol. The molecule has 3 aromatic rings. The number of likely N-dealkylation sites (tertiary alicyclic amines) is 1. The van der Waals surface area contributed by atoms with Gasteiger partial charge in [0, 0.05) is 36.4 Å². The summed E-state index contributed by atoms with van der Waals surface area (Å²) in [7, 11) is 0. The van der Waals surface area contributed by atoms with Gasteiger partial charge >= 0.3 is 0 Å². The molecule has 2 aromatic heterocycles. The SMILES string of the molecule is Cc1cc2cc(C(=O)N3CCC(Cc4noc(C5CC5)n4)CC3)ccc2o1. The molecule has 140 valence electrons. The molecule has 2 aliphatic rings. The minimum atomic E-state index is 0.102. The lowest BCUT2D eigenvalue weighted by atomic mass is 9.93. The van der Waals surface area contributed by atoms with E-state index in [1.807, 2.05) is 36.1 Å². The van der Waals surface area contributed by atoms with Crippen LogP contribution < -0.4 is 0 Å². The van der Waals surface area contributed by atoms with Crippen LogP contribution in [0.15, 0.2) is 33.2 Å². The zero-order chi connectivity index (χ0) is 18.4. The molecule has 5 rings (SSSR count). The predicted octanol–water partition coefficient (Wildman–Crippen LogP) is 4.10. The van der Waals surface area contributed by atoms with E-state index in [1.54, 1.807) is 0 Å². The highest BCUT2D eigenvalue weighted by Gasteiger charge is 2.30. The van der Waals surface area contributed by atoms with Gasteiger partial charge in [-0.3, -0.25) is 4.79 Å². The summed E-state index contributed by atoms with van der Waals surface area (Å²) in [5.41, 5.74) is 1.56. The second kappa shape index (κ2) is 6.51. The highest BCUT2D eigenvalue weighted by Crippen LogP contribution is 2.39. The average Bonchev–Trinajstić information content (AvgIpc) is 3.31. The molecule has 2 fully saturated rings. The molecule has 6 nitrogen and oxygen atoms in total. The molecule has 6 heteroatoms. The number of hydrogen-bond donors (Lipinski definition) is 0. The number of piperidine rings is 1. The van der Waals surface area contributed by atoms with E-state index >= 15 is 0 Å². The number of amides is 1. The summed E-state index contributed by atoms with van der Waals surface area (Å²) in [5, 5.41) is 5.11. The van der Waals surface area contributed by atoms with E-state index in [9.17, 15) is 4.79 Å². The van der Waals surface area contributed by atoms with Gasteiger partial charge in [-0.2, -0.15) is 4.98 Å². The summed E-state index contributed by atoms with van der Waals surface area (Å²) in [5.74, 6) is 3.61. The van der Waals surface area contributed by atoms with Crippen LogP contribution in [0.3, 0.4) is 0 Å². The molecule has 27 heavy (non-hydrogen) atoms. The van der Waals surface area contributed by atoms with E-state index in [1.165, 1.54) is 12.8 Å². The fourth-order valence-corrected chi connectivity index (χ4v) is 3.94. The van der Waals surface area contributed by atoms with Gasteiger partial charge in [0.25, 0.3) is 5.91 Å². The van der Waals surface area contributed by atoms with E-state index in [-0.39, 0.29) is 5.91 Å². The van der Waals surface area contributed by atoms with Crippen molar-refractivity contribution in [2.24, 2.45) is 5.92 Å². The monoisotopic (exact) mass is 365 g/mol. The highest BCUT2D eigenvalue weighted by molar-refractivity contribution is 5.97. The molecule has 1 aliphatic heterocycles. The molecule has 0 N–H and O–H groups in total. The molecular formula is C21H23N3O3. The van der Waals surface area contributed by atoms with E-state index < -0.39 is 0 Å². The van der Waals surface area contributed by atoms with E-state index in [4.69, 9.17) is 8.94 Å². The molecule has 0 spiro atoms. The van der Waals surface area contributed by atoms with Gasteiger partial charge in [-0.25, -0.2) is 0 Å². The molecule has 1 aromatic carbocycles. The smallest absolute Gasteiger partial charge is 0.253 e. The summed E-state index contributed by atoms with van der Waals surface area (Å²) in [6.45, 7) is 3.47. The van der Waals surface area contributed by atoms with Crippen LogP contribution in [0.25, 0.3) is 11.0 Å². The van der Waals surface area contributed by atoms with Gasteiger partial charge in [0.2, 0.25) is 5.89 Å². The number of hydrogen-bond acceptors (Lipinski definition) is 5. The van der Waals surface area contributed by atoms with Gasteiger partial charge in [-0.05, 0) is 62.8 Å². The predicted molar refractivity (Wildman–Crippen MR) is 99.6 cm³/mol. The molecule has 0 unspecified atom stereocenters. The Hall–Kier alpha value is -2.63. The number of carbonyl (C=O) groups is 1. The molecule has 0 radical (unpaired) electrons. The number of aryl methyl sites for hydroxylation is 1. The van der Waals surface area contributed by atoms with Crippen molar-refractivity contribution >= 4 is 16.9 Å². The highest BCUT2D eigenvalue weighted by atomic mass is 16.5. The van der Waals surface area contributed by atoms with Crippen LogP contribution in [0, 0.1) is 12.8 Å². The van der Waals surface area contributed by atoms with Gasteiger partial charge in [-0.15, -0.1) is 0 Å². The molecule has 1 saturated carbocycles. The van der Waals surface area contributed by atoms with Crippen LogP contribution in [0.5, 0.6) is 0 Å². The van der Waals surface area contributed by atoms with Crippen molar-refractivity contribution in [1.82, 2.24) is 15.0 Å². The van der Waals surface area contributed by atoms with E-state index in [2.05, 4.69) is 10.1 Å². The Morgan fingerprint density at radius 3 is 2.78 bits per heavy atom. The fourth-order valence-electron chi connectivity index (χ4n) is 3.94. The van der Waals surface area contributed by atoms with Crippen molar-refractivity contribution in [3.63, 3.8) is 0 Å². The third kappa shape index (κ3) is 3.36. The lowest BCUT2D eigenvalue weighted by Gasteiger charge is -2.31. The molecular weight excluding hydrogens is 342 g/mol. The number of rotatable bonds is 4. The number of carbonyl (C=O) groups excluding carboxylic acids is 1. The molecule has 0 bridgehead atoms. The van der Waals surface area contributed by atoms with Crippen LogP contribution in [0.4, 0.5) is 0 Å². The molecule has 1 aliphatic carbocycles. The zero-order valence-corrected chi connectivity index (χ0v) is 15.5. The second-order valence-electron chi connectivity index (χ2n) is 7.87.